The number of hydrogen-bond acceptors (Lipinski definition) is 4. The first kappa shape index (κ1) is 13.9. The molecule has 2 aromatic rings. The predicted molar refractivity (Wildman–Crippen MR) is 66.1 cm³/mol. The highest BCUT2D eigenvalue weighted by Crippen LogP contribution is 2.08. The Morgan fingerprint density at radius 3 is 2.35 bits per heavy atom. The number of amides is 1. The molecule has 1 aromatic carbocycles. The lowest BCUT2D eigenvalue weighted by atomic mass is 10.2. The predicted octanol–water partition coefficient (Wildman–Crippen LogP) is 1.69. The third-order valence-electron chi connectivity index (χ3n) is 2.45. The first-order valence-corrected chi connectivity index (χ1v) is 5.67. The largest absolute Gasteiger partial charge is 0.467 e. The summed E-state index contributed by atoms with van der Waals surface area (Å²) in [6.07, 6.45) is 2.60. The average molecular weight is 279 g/mol. The van der Waals surface area contributed by atoms with Crippen molar-refractivity contribution in [1.82, 2.24) is 15.3 Å². The maximum atomic E-state index is 13.0. The lowest BCUT2D eigenvalue weighted by molar-refractivity contribution is 0.0950. The highest BCUT2D eigenvalue weighted by Gasteiger charge is 2.08. The van der Waals surface area contributed by atoms with Crippen molar-refractivity contribution in [2.75, 3.05) is 7.11 Å². The molecule has 1 aromatic heterocycles. The number of nitrogens with one attached hydrogen (secondary N) is 1. The van der Waals surface area contributed by atoms with Crippen molar-refractivity contribution in [2.24, 2.45) is 0 Å². The van der Waals surface area contributed by atoms with Crippen LogP contribution < -0.4 is 10.1 Å². The molecule has 7 heteroatoms. The van der Waals surface area contributed by atoms with Gasteiger partial charge in [-0.2, -0.15) is 0 Å². The third-order valence-corrected chi connectivity index (χ3v) is 2.45. The van der Waals surface area contributed by atoms with E-state index in [1.54, 1.807) is 0 Å². The number of carbonyl (C=O) groups is 1. The van der Waals surface area contributed by atoms with Crippen LogP contribution in [-0.2, 0) is 6.54 Å². The summed E-state index contributed by atoms with van der Waals surface area (Å²) in [5.41, 5.74) is 0.549. The normalized spacial score (nSPS) is 10.2. The van der Waals surface area contributed by atoms with E-state index in [1.807, 2.05) is 0 Å². The van der Waals surface area contributed by atoms with E-state index in [0.717, 1.165) is 18.2 Å². The SMILES string of the molecule is COc1ncc(C(=O)NCc2cc(F)cc(F)c2)cn1. The van der Waals surface area contributed by atoms with Crippen LogP contribution in [-0.4, -0.2) is 23.0 Å². The van der Waals surface area contributed by atoms with E-state index in [0.29, 0.717) is 5.56 Å². The number of carbonyl (C=O) groups excluding carboxylic acids is 1. The quantitative estimate of drug-likeness (QED) is 0.925. The van der Waals surface area contributed by atoms with E-state index < -0.39 is 17.5 Å². The molecule has 0 bridgehead atoms. The Hall–Kier alpha value is -2.57. The lowest BCUT2D eigenvalue weighted by Gasteiger charge is -2.06. The van der Waals surface area contributed by atoms with Crippen LogP contribution in [0.15, 0.2) is 30.6 Å². The van der Waals surface area contributed by atoms with Gasteiger partial charge in [0.15, 0.2) is 0 Å². The van der Waals surface area contributed by atoms with Gasteiger partial charge in [-0.3, -0.25) is 4.79 Å². The second kappa shape index (κ2) is 6.05. The first-order valence-electron chi connectivity index (χ1n) is 5.67. The molecule has 0 saturated carbocycles. The molecule has 20 heavy (non-hydrogen) atoms. The molecule has 0 fully saturated rings. The summed E-state index contributed by atoms with van der Waals surface area (Å²) in [6, 6.07) is 3.21. The second-order valence-corrected chi connectivity index (χ2v) is 3.92. The lowest BCUT2D eigenvalue weighted by Crippen LogP contribution is -2.23. The van der Waals surface area contributed by atoms with E-state index in [1.165, 1.54) is 19.5 Å². The Morgan fingerprint density at radius 2 is 1.80 bits per heavy atom. The molecule has 0 aliphatic carbocycles. The van der Waals surface area contributed by atoms with Gasteiger partial charge < -0.3 is 10.1 Å². The molecule has 1 N–H and O–H groups in total. The molecule has 0 atom stereocenters. The Kier molecular flexibility index (Phi) is 4.19. The van der Waals surface area contributed by atoms with Crippen molar-refractivity contribution in [3.05, 3.63) is 53.4 Å². The van der Waals surface area contributed by atoms with E-state index in [9.17, 15) is 13.6 Å². The van der Waals surface area contributed by atoms with Gasteiger partial charge in [0.2, 0.25) is 0 Å². The number of ether oxygens (including phenoxy) is 1. The van der Waals surface area contributed by atoms with Gasteiger partial charge in [0.1, 0.15) is 11.6 Å². The fraction of sp³-hybridized carbons (Fsp3) is 0.154. The van der Waals surface area contributed by atoms with E-state index in [-0.39, 0.29) is 18.1 Å². The van der Waals surface area contributed by atoms with Gasteiger partial charge in [0.05, 0.1) is 12.7 Å². The van der Waals surface area contributed by atoms with E-state index >= 15 is 0 Å². The summed E-state index contributed by atoms with van der Waals surface area (Å²) in [6.45, 7) is -0.000454. The Labute approximate surface area is 113 Å². The van der Waals surface area contributed by atoms with Gasteiger partial charge in [-0.25, -0.2) is 18.7 Å². The fourth-order valence-corrected chi connectivity index (χ4v) is 1.54. The standard InChI is InChI=1S/C13H11F2N3O2/c1-20-13-17-6-9(7-18-13)12(19)16-5-8-2-10(14)4-11(15)3-8/h2-4,6-7H,5H2,1H3,(H,16,19). The summed E-state index contributed by atoms with van der Waals surface area (Å²) in [7, 11) is 1.41. The maximum Gasteiger partial charge on any atom is 0.316 e. The number of halogens is 2. The third kappa shape index (κ3) is 3.47. The van der Waals surface area contributed by atoms with Crippen LogP contribution in [0.25, 0.3) is 0 Å². The van der Waals surface area contributed by atoms with Crippen LogP contribution in [0.4, 0.5) is 8.78 Å². The Morgan fingerprint density at radius 1 is 1.20 bits per heavy atom. The zero-order valence-electron chi connectivity index (χ0n) is 10.6. The first-order chi connectivity index (χ1) is 9.58. The summed E-state index contributed by atoms with van der Waals surface area (Å²) >= 11 is 0. The molecular weight excluding hydrogens is 268 g/mol. The average Bonchev–Trinajstić information content (AvgIpc) is 2.44. The number of rotatable bonds is 4. The van der Waals surface area contributed by atoms with Crippen molar-refractivity contribution in [2.45, 2.75) is 6.54 Å². The minimum absolute atomic E-state index is 0.000454. The number of aromatic nitrogens is 2. The molecule has 0 radical (unpaired) electrons. The summed E-state index contributed by atoms with van der Waals surface area (Å²) in [5, 5.41) is 2.51. The van der Waals surface area contributed by atoms with Gasteiger partial charge in [-0.05, 0) is 17.7 Å². The molecule has 104 valence electrons. The number of hydrogen-bond donors (Lipinski definition) is 1. The van der Waals surface area contributed by atoms with Crippen LogP contribution in [0.1, 0.15) is 15.9 Å². The minimum atomic E-state index is -0.693. The molecule has 1 heterocycles. The van der Waals surface area contributed by atoms with Crippen LogP contribution in [0, 0.1) is 11.6 Å². The number of methoxy groups -OCH3 is 1. The van der Waals surface area contributed by atoms with Crippen molar-refractivity contribution in [3.8, 4) is 6.01 Å². The van der Waals surface area contributed by atoms with Gasteiger partial charge in [-0.1, -0.05) is 0 Å². The zero-order valence-corrected chi connectivity index (χ0v) is 10.6. The summed E-state index contributed by atoms with van der Waals surface area (Å²) in [5.74, 6) is -1.83. The highest BCUT2D eigenvalue weighted by molar-refractivity contribution is 5.93. The van der Waals surface area contributed by atoms with Crippen LogP contribution in [0.5, 0.6) is 6.01 Å². The number of benzene rings is 1. The minimum Gasteiger partial charge on any atom is -0.467 e. The van der Waals surface area contributed by atoms with Gasteiger partial charge in [0.25, 0.3) is 5.91 Å². The molecule has 0 saturated heterocycles. The fourth-order valence-electron chi connectivity index (χ4n) is 1.54. The second-order valence-electron chi connectivity index (χ2n) is 3.92. The van der Waals surface area contributed by atoms with Gasteiger partial charge >= 0.3 is 6.01 Å². The topological polar surface area (TPSA) is 64.1 Å². The molecule has 2 rings (SSSR count). The van der Waals surface area contributed by atoms with Crippen LogP contribution in [0.3, 0.4) is 0 Å². The molecule has 0 aliphatic rings. The van der Waals surface area contributed by atoms with Crippen LogP contribution in [0.2, 0.25) is 0 Å². The molecule has 0 unspecified atom stereocenters. The van der Waals surface area contributed by atoms with Gasteiger partial charge in [-0.15, -0.1) is 0 Å². The van der Waals surface area contributed by atoms with Crippen molar-refractivity contribution < 1.29 is 18.3 Å². The number of nitrogens with zero attached hydrogens (tertiary/aromatic N) is 2. The smallest absolute Gasteiger partial charge is 0.316 e. The van der Waals surface area contributed by atoms with E-state index in [2.05, 4.69) is 15.3 Å². The summed E-state index contributed by atoms with van der Waals surface area (Å²) in [4.78, 5) is 19.3. The van der Waals surface area contributed by atoms with Crippen molar-refractivity contribution in [1.29, 1.82) is 0 Å². The monoisotopic (exact) mass is 279 g/mol. The Balaban J connectivity index is 2.00. The Bertz CT molecular complexity index is 597. The van der Waals surface area contributed by atoms with Crippen LogP contribution >= 0.6 is 0 Å². The highest BCUT2D eigenvalue weighted by atomic mass is 19.1. The summed E-state index contributed by atoms with van der Waals surface area (Å²) < 4.78 is 30.7. The molecular formula is C13H11F2N3O2. The molecule has 1 amide bonds. The van der Waals surface area contributed by atoms with Crippen molar-refractivity contribution >= 4 is 5.91 Å². The molecule has 5 nitrogen and oxygen atoms in total. The maximum absolute atomic E-state index is 13.0. The molecule has 0 spiro atoms. The molecule has 0 aliphatic heterocycles. The zero-order chi connectivity index (χ0) is 14.5. The van der Waals surface area contributed by atoms with E-state index in [4.69, 9.17) is 4.74 Å². The van der Waals surface area contributed by atoms with Gasteiger partial charge in [0, 0.05) is 25.0 Å². The van der Waals surface area contributed by atoms with Crippen molar-refractivity contribution in [3.63, 3.8) is 0 Å².